The van der Waals surface area contributed by atoms with Crippen molar-refractivity contribution in [2.24, 2.45) is 0 Å². The fraction of sp³-hybridized carbons (Fsp3) is 0.400. The molecular weight excluding hydrogens is 276 g/mol. The van der Waals surface area contributed by atoms with E-state index in [-0.39, 0.29) is 6.10 Å². The predicted molar refractivity (Wildman–Crippen MR) is 63.9 cm³/mol. The van der Waals surface area contributed by atoms with E-state index in [1.807, 2.05) is 30.3 Å². The average Bonchev–Trinajstić information content (AvgIpc) is 2.18. The van der Waals surface area contributed by atoms with Crippen molar-refractivity contribution in [2.45, 2.75) is 19.4 Å². The summed E-state index contributed by atoms with van der Waals surface area (Å²) in [6.45, 7) is 2.82. The van der Waals surface area contributed by atoms with Gasteiger partial charge < -0.3 is 0 Å². The second kappa shape index (κ2) is 4.82. The molecule has 15 heavy (non-hydrogen) atoms. The van der Waals surface area contributed by atoms with Gasteiger partial charge in [-0.3, -0.25) is 0 Å². The summed E-state index contributed by atoms with van der Waals surface area (Å²) in [6, 6.07) is 9.97. The van der Waals surface area contributed by atoms with Crippen LogP contribution in [0.2, 0.25) is 0 Å². The van der Waals surface area contributed by atoms with Gasteiger partial charge in [0.05, 0.1) is 0 Å². The summed E-state index contributed by atoms with van der Waals surface area (Å²) in [7, 11) is 0. The maximum atomic E-state index is 5.80. The van der Waals surface area contributed by atoms with Gasteiger partial charge in [-0.05, 0) is 0 Å². The third-order valence-corrected chi connectivity index (χ3v) is 5.62. The van der Waals surface area contributed by atoms with Crippen LogP contribution < -0.4 is 5.09 Å². The van der Waals surface area contributed by atoms with Gasteiger partial charge in [-0.25, -0.2) is 0 Å². The number of rotatable bonds is 2. The van der Waals surface area contributed by atoms with Crippen LogP contribution in [0.5, 0.6) is 0 Å². The van der Waals surface area contributed by atoms with Gasteiger partial charge in [-0.2, -0.15) is 0 Å². The molecule has 1 saturated heterocycles. The zero-order chi connectivity index (χ0) is 10.7. The molecule has 2 rings (SSSR count). The third kappa shape index (κ3) is 3.17. The molecule has 0 spiro atoms. The molecule has 2 atom stereocenters. The number of hydrogen-bond donors (Lipinski definition) is 1. The zero-order valence-electron chi connectivity index (χ0n) is 8.55. The van der Waals surface area contributed by atoms with Gasteiger partial charge in [0, 0.05) is 0 Å². The molecule has 0 saturated carbocycles. The number of nitrogens with one attached hydrogen (secondary N) is 1. The average molecular weight is 290 g/mol. The van der Waals surface area contributed by atoms with E-state index in [4.69, 9.17) is 9.05 Å². The Kier molecular flexibility index (Phi) is 3.65. The first kappa shape index (κ1) is 11.4. The molecule has 1 N–H and O–H groups in total. The van der Waals surface area contributed by atoms with Crippen LogP contribution in [0.15, 0.2) is 30.3 Å². The molecule has 82 valence electrons. The predicted octanol–water partition coefficient (Wildman–Crippen LogP) is 2.77. The quantitative estimate of drug-likeness (QED) is 0.671. The summed E-state index contributed by atoms with van der Waals surface area (Å²) >= 11 is 3.03. The van der Waals surface area contributed by atoms with Crippen molar-refractivity contribution in [1.82, 2.24) is 0 Å². The monoisotopic (exact) mass is 291 g/mol. The van der Waals surface area contributed by atoms with Gasteiger partial charge in [-0.15, -0.1) is 0 Å². The normalized spacial score (nSPS) is 31.1. The molecule has 1 aliphatic heterocycles. The van der Waals surface area contributed by atoms with Crippen LogP contribution in [-0.2, 0) is 9.05 Å². The van der Waals surface area contributed by atoms with E-state index in [0.717, 1.165) is 18.7 Å². The van der Waals surface area contributed by atoms with Gasteiger partial charge in [0.15, 0.2) is 0 Å². The molecule has 3 nitrogen and oxygen atoms in total. The fourth-order valence-electron chi connectivity index (χ4n) is 1.39. The van der Waals surface area contributed by atoms with Crippen LogP contribution in [0, 0.1) is 0 Å². The molecule has 1 fully saturated rings. The van der Waals surface area contributed by atoms with Crippen molar-refractivity contribution < 1.29 is 9.05 Å². The van der Waals surface area contributed by atoms with E-state index in [0.29, 0.717) is 0 Å². The van der Waals surface area contributed by atoms with Crippen LogP contribution in [0.3, 0.4) is 0 Å². The summed E-state index contributed by atoms with van der Waals surface area (Å²) in [5, 5.41) is 3.30. The number of anilines is 1. The summed E-state index contributed by atoms with van der Waals surface area (Å²) in [5.74, 6) is 0. The summed E-state index contributed by atoms with van der Waals surface area (Å²) < 4.78 is 11.5. The fourth-order valence-corrected chi connectivity index (χ4v) is 5.01. The van der Waals surface area contributed by atoms with E-state index in [9.17, 15) is 0 Å². The van der Waals surface area contributed by atoms with Crippen molar-refractivity contribution in [3.8, 4) is 0 Å². The van der Waals surface area contributed by atoms with E-state index in [2.05, 4.69) is 27.1 Å². The standard InChI is InChI=1S/C10H14NO2PSe/c1-9-7-8-12-14(15,13-9)11-10-5-3-2-4-6-10/h2-6,9H,7-8H2,1H3,(H,11,15). The van der Waals surface area contributed by atoms with Crippen LogP contribution in [0.25, 0.3) is 0 Å². The summed E-state index contributed by atoms with van der Waals surface area (Å²) in [5.41, 5.74) is 1.03. The molecule has 1 aliphatic rings. The number of para-hydroxylation sites is 1. The Morgan fingerprint density at radius 3 is 2.80 bits per heavy atom. The second-order valence-corrected chi connectivity index (χ2v) is 8.23. The van der Waals surface area contributed by atoms with Crippen LogP contribution in [-0.4, -0.2) is 27.8 Å². The summed E-state index contributed by atoms with van der Waals surface area (Å²) in [6.07, 6.45) is -0.804. The van der Waals surface area contributed by atoms with Crippen LogP contribution in [0.4, 0.5) is 5.69 Å². The van der Waals surface area contributed by atoms with Crippen molar-refractivity contribution in [1.29, 1.82) is 0 Å². The Labute approximate surface area is 97.6 Å². The molecule has 2 unspecified atom stereocenters. The Balaban J connectivity index is 2.07. The molecule has 1 aromatic carbocycles. The Hall–Kier alpha value is -0.111. The molecule has 0 aliphatic carbocycles. The van der Waals surface area contributed by atoms with Crippen molar-refractivity contribution in [3.05, 3.63) is 30.3 Å². The van der Waals surface area contributed by atoms with Crippen molar-refractivity contribution in [2.75, 3.05) is 11.7 Å². The third-order valence-electron chi connectivity index (χ3n) is 2.14. The molecule has 0 aromatic heterocycles. The van der Waals surface area contributed by atoms with Gasteiger partial charge in [0.25, 0.3) is 0 Å². The van der Waals surface area contributed by atoms with Gasteiger partial charge in [0.1, 0.15) is 0 Å². The minimum absolute atomic E-state index is 0.254. The molecule has 1 aromatic rings. The molecule has 0 amide bonds. The van der Waals surface area contributed by atoms with Gasteiger partial charge in [-0.1, -0.05) is 0 Å². The summed E-state index contributed by atoms with van der Waals surface area (Å²) in [4.78, 5) is 0. The molecule has 0 radical (unpaired) electrons. The Morgan fingerprint density at radius 1 is 1.40 bits per heavy atom. The SMILES string of the molecule is CC1CCOP(=[Se])(Nc2ccccc2)O1. The Bertz CT molecular complexity index is 371. The zero-order valence-corrected chi connectivity index (χ0v) is 11.2. The molecule has 5 heteroatoms. The van der Waals surface area contributed by atoms with Gasteiger partial charge in [0.2, 0.25) is 0 Å². The Morgan fingerprint density at radius 2 is 2.13 bits per heavy atom. The van der Waals surface area contributed by atoms with Gasteiger partial charge >= 0.3 is 97.4 Å². The maximum absolute atomic E-state index is 5.80. The van der Waals surface area contributed by atoms with E-state index >= 15 is 0 Å². The second-order valence-electron chi connectivity index (χ2n) is 3.51. The van der Waals surface area contributed by atoms with Crippen molar-refractivity contribution >= 4 is 26.9 Å². The van der Waals surface area contributed by atoms with E-state index in [1.165, 1.54) is 0 Å². The van der Waals surface area contributed by atoms with E-state index < -0.39 is 6.11 Å². The van der Waals surface area contributed by atoms with E-state index in [1.54, 1.807) is 0 Å². The molecule has 0 bridgehead atoms. The van der Waals surface area contributed by atoms with Crippen molar-refractivity contribution in [3.63, 3.8) is 0 Å². The molecule has 1 heterocycles. The minimum atomic E-state index is -2.02. The first-order valence-electron chi connectivity index (χ1n) is 4.94. The first-order chi connectivity index (χ1) is 7.18. The number of hydrogen-bond acceptors (Lipinski definition) is 3. The van der Waals surface area contributed by atoms with Crippen LogP contribution in [0.1, 0.15) is 13.3 Å². The first-order valence-corrected chi connectivity index (χ1v) is 8.78. The topological polar surface area (TPSA) is 30.5 Å². The number of benzene rings is 1. The molecular formula is C10H14NO2PSe. The van der Waals surface area contributed by atoms with Crippen LogP contribution >= 0.6 is 6.11 Å².